The molecule has 162 valence electrons. The van der Waals surface area contributed by atoms with Crippen LogP contribution in [0.2, 0.25) is 0 Å². The lowest BCUT2D eigenvalue weighted by Gasteiger charge is -2.39. The van der Waals surface area contributed by atoms with Crippen LogP contribution in [-0.4, -0.2) is 25.9 Å². The van der Waals surface area contributed by atoms with Crippen molar-refractivity contribution in [1.29, 1.82) is 0 Å². The largest absolute Gasteiger partial charge is 0.497 e. The maximum Gasteiger partial charge on any atom is 0.232 e. The van der Waals surface area contributed by atoms with Crippen molar-refractivity contribution < 1.29 is 19.1 Å². The standard InChI is InChI=1S/C27H25NO4/c1-31-18-13-14-25(32-2)20(15-18)21-16-26(30)28(23-11-6-12-24(29)27(21)23)22-10-5-8-17-7-3-4-9-19(17)22/h3-5,7-10,13-15,21H,6,11-12,16H2,1-2H3. The first-order valence-electron chi connectivity index (χ1n) is 10.9. The van der Waals surface area contributed by atoms with Crippen molar-refractivity contribution >= 4 is 28.2 Å². The van der Waals surface area contributed by atoms with E-state index in [1.165, 1.54) is 0 Å². The van der Waals surface area contributed by atoms with Gasteiger partial charge >= 0.3 is 0 Å². The third kappa shape index (κ3) is 3.25. The number of fused-ring (bicyclic) bond motifs is 1. The van der Waals surface area contributed by atoms with E-state index in [2.05, 4.69) is 0 Å². The molecule has 3 aromatic carbocycles. The van der Waals surface area contributed by atoms with Crippen molar-refractivity contribution in [3.8, 4) is 11.5 Å². The number of ether oxygens (including phenoxy) is 2. The van der Waals surface area contributed by atoms with Gasteiger partial charge in [0.1, 0.15) is 11.5 Å². The molecule has 0 bridgehead atoms. The molecule has 1 unspecified atom stereocenters. The van der Waals surface area contributed by atoms with Crippen molar-refractivity contribution in [2.45, 2.75) is 31.6 Å². The lowest BCUT2D eigenvalue weighted by molar-refractivity contribution is -0.119. The van der Waals surface area contributed by atoms with E-state index in [0.717, 1.165) is 39.7 Å². The molecular formula is C27H25NO4. The summed E-state index contributed by atoms with van der Waals surface area (Å²) in [6.45, 7) is 0. The molecule has 0 N–H and O–H groups in total. The minimum atomic E-state index is -0.346. The Morgan fingerprint density at radius 2 is 1.72 bits per heavy atom. The number of Topliss-reactive ketones (excluding diaryl/α,β-unsaturated/α-hetero) is 1. The van der Waals surface area contributed by atoms with Gasteiger partial charge in [-0.2, -0.15) is 0 Å². The van der Waals surface area contributed by atoms with Gasteiger partial charge in [0, 0.05) is 41.0 Å². The van der Waals surface area contributed by atoms with Crippen LogP contribution in [0.3, 0.4) is 0 Å². The highest BCUT2D eigenvalue weighted by Gasteiger charge is 2.41. The number of hydrogen-bond donors (Lipinski definition) is 0. The molecule has 1 heterocycles. The van der Waals surface area contributed by atoms with Gasteiger partial charge in [-0.1, -0.05) is 36.4 Å². The van der Waals surface area contributed by atoms with E-state index in [0.29, 0.717) is 24.3 Å². The number of anilines is 1. The second-order valence-electron chi connectivity index (χ2n) is 8.23. The summed E-state index contributed by atoms with van der Waals surface area (Å²) in [4.78, 5) is 28.7. The van der Waals surface area contributed by atoms with Crippen LogP contribution in [0, 0.1) is 0 Å². The van der Waals surface area contributed by atoms with Crippen LogP contribution in [0.25, 0.3) is 10.8 Å². The molecular weight excluding hydrogens is 402 g/mol. The number of rotatable bonds is 4. The Morgan fingerprint density at radius 1 is 0.906 bits per heavy atom. The summed E-state index contributed by atoms with van der Waals surface area (Å²) >= 11 is 0. The first kappa shape index (κ1) is 20.3. The quantitative estimate of drug-likeness (QED) is 0.561. The molecule has 3 aromatic rings. The maximum absolute atomic E-state index is 13.6. The highest BCUT2D eigenvalue weighted by molar-refractivity contribution is 6.11. The Labute approximate surface area is 187 Å². The summed E-state index contributed by atoms with van der Waals surface area (Å²) in [5.41, 5.74) is 3.21. The normalized spacial score (nSPS) is 18.7. The molecule has 0 saturated heterocycles. The molecule has 1 aliphatic carbocycles. The van der Waals surface area contributed by atoms with Gasteiger partial charge in [-0.25, -0.2) is 0 Å². The van der Waals surface area contributed by atoms with Crippen molar-refractivity contribution in [2.24, 2.45) is 0 Å². The molecule has 32 heavy (non-hydrogen) atoms. The number of ketones is 1. The predicted molar refractivity (Wildman–Crippen MR) is 124 cm³/mol. The number of methoxy groups -OCH3 is 2. The fourth-order valence-corrected chi connectivity index (χ4v) is 5.05. The second-order valence-corrected chi connectivity index (χ2v) is 8.23. The fourth-order valence-electron chi connectivity index (χ4n) is 5.05. The van der Waals surface area contributed by atoms with Gasteiger partial charge in [0.25, 0.3) is 0 Å². The van der Waals surface area contributed by atoms with Gasteiger partial charge in [0.2, 0.25) is 5.91 Å². The summed E-state index contributed by atoms with van der Waals surface area (Å²) in [5.74, 6) is 1.09. The highest BCUT2D eigenvalue weighted by atomic mass is 16.5. The lowest BCUT2D eigenvalue weighted by Crippen LogP contribution is -2.40. The first-order chi connectivity index (χ1) is 15.6. The number of carbonyl (C=O) groups excluding carboxylic acids is 2. The predicted octanol–water partition coefficient (Wildman–Crippen LogP) is 5.38. The average molecular weight is 428 g/mol. The first-order valence-corrected chi connectivity index (χ1v) is 10.9. The topological polar surface area (TPSA) is 55.8 Å². The maximum atomic E-state index is 13.6. The summed E-state index contributed by atoms with van der Waals surface area (Å²) in [6, 6.07) is 19.6. The monoisotopic (exact) mass is 427 g/mol. The van der Waals surface area contributed by atoms with Crippen LogP contribution in [0.15, 0.2) is 71.9 Å². The zero-order valence-electron chi connectivity index (χ0n) is 18.3. The number of amides is 1. The van der Waals surface area contributed by atoms with Gasteiger partial charge < -0.3 is 9.47 Å². The van der Waals surface area contributed by atoms with Crippen LogP contribution >= 0.6 is 0 Å². The van der Waals surface area contributed by atoms with Crippen molar-refractivity contribution in [3.63, 3.8) is 0 Å². The second kappa shape index (κ2) is 8.15. The number of hydrogen-bond acceptors (Lipinski definition) is 4. The van der Waals surface area contributed by atoms with Gasteiger partial charge in [-0.15, -0.1) is 0 Å². The third-order valence-electron chi connectivity index (χ3n) is 6.50. The number of nitrogens with zero attached hydrogens (tertiary/aromatic N) is 1. The lowest BCUT2D eigenvalue weighted by atomic mass is 9.76. The molecule has 1 atom stereocenters. The van der Waals surface area contributed by atoms with Crippen LogP contribution in [0.5, 0.6) is 11.5 Å². The fraction of sp³-hybridized carbons (Fsp3) is 0.259. The van der Waals surface area contributed by atoms with Crippen LogP contribution in [0.1, 0.15) is 37.2 Å². The molecule has 0 radical (unpaired) electrons. The number of allylic oxidation sites excluding steroid dienone is 2. The Morgan fingerprint density at radius 3 is 2.53 bits per heavy atom. The molecule has 2 aliphatic rings. The molecule has 5 heteroatoms. The van der Waals surface area contributed by atoms with E-state index in [9.17, 15) is 9.59 Å². The smallest absolute Gasteiger partial charge is 0.232 e. The number of benzene rings is 3. The minimum absolute atomic E-state index is 0.00956. The molecule has 1 amide bonds. The van der Waals surface area contributed by atoms with E-state index in [1.807, 2.05) is 60.7 Å². The average Bonchev–Trinajstić information content (AvgIpc) is 2.83. The van der Waals surface area contributed by atoms with E-state index >= 15 is 0 Å². The summed E-state index contributed by atoms with van der Waals surface area (Å²) in [7, 11) is 3.21. The van der Waals surface area contributed by atoms with Crippen LogP contribution < -0.4 is 14.4 Å². The van der Waals surface area contributed by atoms with E-state index in [1.54, 1.807) is 19.1 Å². The third-order valence-corrected chi connectivity index (χ3v) is 6.50. The molecule has 0 aromatic heterocycles. The van der Waals surface area contributed by atoms with Crippen LogP contribution in [0.4, 0.5) is 5.69 Å². The molecule has 0 fully saturated rings. The van der Waals surface area contributed by atoms with E-state index in [-0.39, 0.29) is 24.0 Å². The molecule has 0 spiro atoms. The van der Waals surface area contributed by atoms with Crippen LogP contribution in [-0.2, 0) is 9.59 Å². The van der Waals surface area contributed by atoms with E-state index < -0.39 is 0 Å². The van der Waals surface area contributed by atoms with Gasteiger partial charge in [-0.05, 0) is 42.5 Å². The molecule has 0 saturated carbocycles. The summed E-state index contributed by atoms with van der Waals surface area (Å²) in [5, 5.41) is 2.07. The number of carbonyl (C=O) groups is 2. The zero-order valence-corrected chi connectivity index (χ0v) is 18.3. The summed E-state index contributed by atoms with van der Waals surface area (Å²) in [6.07, 6.45) is 2.14. The van der Waals surface area contributed by atoms with Gasteiger partial charge in [0.05, 0.1) is 19.9 Å². The SMILES string of the molecule is COc1ccc(OC)c(C2CC(=O)N(c3cccc4ccccc34)C3=C2C(=O)CCC3)c1. The Balaban J connectivity index is 1.72. The zero-order chi connectivity index (χ0) is 22.2. The van der Waals surface area contributed by atoms with Gasteiger partial charge in [0.15, 0.2) is 5.78 Å². The van der Waals surface area contributed by atoms with Gasteiger partial charge in [-0.3, -0.25) is 14.5 Å². The minimum Gasteiger partial charge on any atom is -0.497 e. The van der Waals surface area contributed by atoms with Crippen molar-refractivity contribution in [2.75, 3.05) is 19.1 Å². The Hall–Kier alpha value is -3.60. The summed E-state index contributed by atoms with van der Waals surface area (Å²) < 4.78 is 11.0. The van der Waals surface area contributed by atoms with E-state index in [4.69, 9.17) is 9.47 Å². The highest BCUT2D eigenvalue weighted by Crippen LogP contribution is 2.47. The Bertz CT molecular complexity index is 1250. The molecule has 1 aliphatic heterocycles. The molecule has 5 rings (SSSR count). The van der Waals surface area contributed by atoms with Crippen molar-refractivity contribution in [1.82, 2.24) is 0 Å². The Kier molecular flexibility index (Phi) is 5.17. The molecule has 5 nitrogen and oxygen atoms in total. The van der Waals surface area contributed by atoms with Crippen molar-refractivity contribution in [3.05, 3.63) is 77.5 Å².